The van der Waals surface area contributed by atoms with Crippen LogP contribution >= 0.6 is 11.3 Å². The summed E-state index contributed by atoms with van der Waals surface area (Å²) in [6.45, 7) is 1.36. The number of carbonyl (C=O) groups is 2. The van der Waals surface area contributed by atoms with Gasteiger partial charge in [-0.3, -0.25) is 9.59 Å². The molecule has 0 saturated carbocycles. The quantitative estimate of drug-likeness (QED) is 0.384. The molecule has 3 aromatic rings. The van der Waals surface area contributed by atoms with E-state index in [9.17, 15) is 9.59 Å². The SMILES string of the molecule is O=C(CCCc1cccs1)Nc1cccc(C(=O)NCCCNc2ccccc2)c1. The van der Waals surface area contributed by atoms with Crippen LogP contribution in [0.4, 0.5) is 11.4 Å². The molecule has 1 aromatic heterocycles. The van der Waals surface area contributed by atoms with Crippen LogP contribution in [0.2, 0.25) is 0 Å². The first-order valence-electron chi connectivity index (χ1n) is 10.2. The first kappa shape index (κ1) is 21.6. The summed E-state index contributed by atoms with van der Waals surface area (Å²) in [6, 6.07) is 21.1. The fourth-order valence-electron chi connectivity index (χ4n) is 3.02. The molecule has 0 atom stereocenters. The standard InChI is InChI=1S/C24H27N3O2S/c28-23(14-5-12-22-13-6-17-30-22)27-21-11-4-8-19(18-21)24(29)26-16-7-15-25-20-9-2-1-3-10-20/h1-4,6,8-11,13,17-18,25H,5,7,12,14-16H2,(H,26,29)(H,27,28). The number of benzene rings is 2. The molecule has 6 heteroatoms. The zero-order valence-corrected chi connectivity index (χ0v) is 17.7. The Hall–Kier alpha value is -3.12. The van der Waals surface area contributed by atoms with E-state index in [-0.39, 0.29) is 11.8 Å². The summed E-state index contributed by atoms with van der Waals surface area (Å²) in [4.78, 5) is 25.8. The molecule has 2 aromatic carbocycles. The van der Waals surface area contributed by atoms with Crippen molar-refractivity contribution < 1.29 is 9.59 Å². The lowest BCUT2D eigenvalue weighted by atomic mass is 10.1. The Morgan fingerprint density at radius 1 is 0.833 bits per heavy atom. The average molecular weight is 422 g/mol. The smallest absolute Gasteiger partial charge is 0.251 e. The number of hydrogen-bond acceptors (Lipinski definition) is 4. The van der Waals surface area contributed by atoms with Gasteiger partial charge in [0, 0.05) is 41.3 Å². The number of hydrogen-bond donors (Lipinski definition) is 3. The van der Waals surface area contributed by atoms with Gasteiger partial charge in [-0.15, -0.1) is 11.3 Å². The molecule has 0 saturated heterocycles. The first-order valence-corrected chi connectivity index (χ1v) is 11.1. The molecule has 0 aliphatic heterocycles. The van der Waals surface area contributed by atoms with Crippen LogP contribution in [-0.4, -0.2) is 24.9 Å². The molecule has 156 valence electrons. The molecule has 30 heavy (non-hydrogen) atoms. The van der Waals surface area contributed by atoms with E-state index in [1.54, 1.807) is 35.6 Å². The minimum absolute atomic E-state index is 0.0314. The number of para-hydroxylation sites is 1. The van der Waals surface area contributed by atoms with Gasteiger partial charge in [0.1, 0.15) is 0 Å². The van der Waals surface area contributed by atoms with Gasteiger partial charge in [0.15, 0.2) is 0 Å². The highest BCUT2D eigenvalue weighted by Crippen LogP contribution is 2.14. The number of aryl methyl sites for hydroxylation is 1. The van der Waals surface area contributed by atoms with E-state index in [2.05, 4.69) is 22.0 Å². The van der Waals surface area contributed by atoms with E-state index in [1.165, 1.54) is 4.88 Å². The molecule has 0 fully saturated rings. The zero-order chi connectivity index (χ0) is 21.0. The largest absolute Gasteiger partial charge is 0.385 e. The molecule has 0 bridgehead atoms. The highest BCUT2D eigenvalue weighted by Gasteiger charge is 2.08. The van der Waals surface area contributed by atoms with Crippen LogP contribution in [0, 0.1) is 0 Å². The highest BCUT2D eigenvalue weighted by molar-refractivity contribution is 7.09. The van der Waals surface area contributed by atoms with Crippen molar-refractivity contribution in [3.8, 4) is 0 Å². The van der Waals surface area contributed by atoms with Crippen LogP contribution in [0.1, 0.15) is 34.5 Å². The summed E-state index contributed by atoms with van der Waals surface area (Å²) in [5.74, 6) is -0.167. The van der Waals surface area contributed by atoms with Gasteiger partial charge in [-0.2, -0.15) is 0 Å². The minimum atomic E-state index is -0.136. The third-order valence-electron chi connectivity index (χ3n) is 4.56. The number of anilines is 2. The Morgan fingerprint density at radius 3 is 2.47 bits per heavy atom. The number of carbonyl (C=O) groups excluding carboxylic acids is 2. The van der Waals surface area contributed by atoms with Crippen molar-refractivity contribution in [3.05, 3.63) is 82.6 Å². The maximum Gasteiger partial charge on any atom is 0.251 e. The summed E-state index contributed by atoms with van der Waals surface area (Å²) in [5, 5.41) is 11.2. The predicted octanol–water partition coefficient (Wildman–Crippen LogP) is 4.94. The maximum atomic E-state index is 12.4. The maximum absolute atomic E-state index is 12.4. The molecular formula is C24H27N3O2S. The first-order chi connectivity index (χ1) is 14.7. The Bertz CT molecular complexity index is 927. The van der Waals surface area contributed by atoms with Crippen LogP contribution in [0.25, 0.3) is 0 Å². The van der Waals surface area contributed by atoms with Gasteiger partial charge in [-0.05, 0) is 61.0 Å². The van der Waals surface area contributed by atoms with Gasteiger partial charge in [0.05, 0.1) is 0 Å². The van der Waals surface area contributed by atoms with Crippen molar-refractivity contribution in [2.24, 2.45) is 0 Å². The van der Waals surface area contributed by atoms with E-state index in [0.29, 0.717) is 24.2 Å². The Kier molecular flexibility index (Phi) is 8.47. The van der Waals surface area contributed by atoms with Crippen LogP contribution in [-0.2, 0) is 11.2 Å². The van der Waals surface area contributed by atoms with Crippen LogP contribution in [0.5, 0.6) is 0 Å². The third kappa shape index (κ3) is 7.37. The summed E-state index contributed by atoms with van der Waals surface area (Å²) in [5.41, 5.74) is 2.26. The molecule has 0 spiro atoms. The van der Waals surface area contributed by atoms with Crippen LogP contribution in [0.3, 0.4) is 0 Å². The molecule has 5 nitrogen and oxygen atoms in total. The fraction of sp³-hybridized carbons (Fsp3) is 0.250. The Morgan fingerprint density at radius 2 is 1.67 bits per heavy atom. The predicted molar refractivity (Wildman–Crippen MR) is 124 cm³/mol. The number of nitrogens with one attached hydrogen (secondary N) is 3. The summed E-state index contributed by atoms with van der Waals surface area (Å²) in [7, 11) is 0. The van der Waals surface area contributed by atoms with Crippen molar-refractivity contribution in [2.45, 2.75) is 25.7 Å². The molecule has 0 radical (unpaired) electrons. The van der Waals surface area contributed by atoms with Crippen molar-refractivity contribution in [1.82, 2.24) is 5.32 Å². The Balaban J connectivity index is 1.37. The number of amides is 2. The summed E-state index contributed by atoms with van der Waals surface area (Å²) in [6.07, 6.45) is 3.00. The third-order valence-corrected chi connectivity index (χ3v) is 5.49. The minimum Gasteiger partial charge on any atom is -0.385 e. The van der Waals surface area contributed by atoms with Gasteiger partial charge in [-0.1, -0.05) is 30.3 Å². The lowest BCUT2D eigenvalue weighted by Crippen LogP contribution is -2.26. The van der Waals surface area contributed by atoms with Crippen molar-refractivity contribution in [3.63, 3.8) is 0 Å². The van der Waals surface area contributed by atoms with E-state index in [4.69, 9.17) is 0 Å². The molecule has 0 aliphatic carbocycles. The van der Waals surface area contributed by atoms with E-state index >= 15 is 0 Å². The van der Waals surface area contributed by atoms with Gasteiger partial charge in [0.25, 0.3) is 5.91 Å². The number of rotatable bonds is 11. The summed E-state index contributed by atoms with van der Waals surface area (Å²) < 4.78 is 0. The second-order valence-corrected chi connectivity index (χ2v) is 8.00. The zero-order valence-electron chi connectivity index (χ0n) is 16.9. The molecule has 2 amide bonds. The molecule has 0 unspecified atom stereocenters. The van der Waals surface area contributed by atoms with E-state index < -0.39 is 0 Å². The van der Waals surface area contributed by atoms with Gasteiger partial charge in [0.2, 0.25) is 5.91 Å². The molecule has 3 rings (SSSR count). The fourth-order valence-corrected chi connectivity index (χ4v) is 3.77. The van der Waals surface area contributed by atoms with Crippen molar-refractivity contribution in [1.29, 1.82) is 0 Å². The lowest BCUT2D eigenvalue weighted by Gasteiger charge is -2.09. The van der Waals surface area contributed by atoms with E-state index in [1.807, 2.05) is 41.8 Å². The highest BCUT2D eigenvalue weighted by atomic mass is 32.1. The Labute approximate surface area is 181 Å². The van der Waals surface area contributed by atoms with E-state index in [0.717, 1.165) is 31.5 Å². The number of thiophene rings is 1. The van der Waals surface area contributed by atoms with Gasteiger partial charge < -0.3 is 16.0 Å². The second kappa shape index (κ2) is 11.8. The summed E-state index contributed by atoms with van der Waals surface area (Å²) >= 11 is 1.71. The average Bonchev–Trinajstić information content (AvgIpc) is 3.28. The van der Waals surface area contributed by atoms with Crippen LogP contribution in [0.15, 0.2) is 72.1 Å². The lowest BCUT2D eigenvalue weighted by molar-refractivity contribution is -0.116. The van der Waals surface area contributed by atoms with Gasteiger partial charge >= 0.3 is 0 Å². The van der Waals surface area contributed by atoms with Crippen LogP contribution < -0.4 is 16.0 Å². The molecule has 0 aliphatic rings. The second-order valence-electron chi connectivity index (χ2n) is 6.96. The van der Waals surface area contributed by atoms with Gasteiger partial charge in [-0.25, -0.2) is 0 Å². The topological polar surface area (TPSA) is 70.2 Å². The van der Waals surface area contributed by atoms with Crippen molar-refractivity contribution >= 4 is 34.5 Å². The normalized spacial score (nSPS) is 10.4. The molecule has 3 N–H and O–H groups in total. The molecular weight excluding hydrogens is 394 g/mol. The monoisotopic (exact) mass is 421 g/mol. The van der Waals surface area contributed by atoms with Crippen molar-refractivity contribution in [2.75, 3.05) is 23.7 Å². The molecule has 1 heterocycles.